The van der Waals surface area contributed by atoms with Crippen molar-refractivity contribution in [3.63, 3.8) is 0 Å². The molecule has 0 bridgehead atoms. The van der Waals surface area contributed by atoms with Crippen LogP contribution in [0, 0.1) is 5.92 Å². The molecule has 110 valence electrons. The van der Waals surface area contributed by atoms with Crippen LogP contribution in [0.4, 0.5) is 5.69 Å². The van der Waals surface area contributed by atoms with Crippen LogP contribution in [-0.2, 0) is 11.2 Å². The number of benzene rings is 1. The molecule has 0 spiro atoms. The normalized spacial score (nSPS) is 21.0. The molecule has 1 unspecified atom stereocenters. The summed E-state index contributed by atoms with van der Waals surface area (Å²) >= 11 is 0. The van der Waals surface area contributed by atoms with Crippen molar-refractivity contribution < 1.29 is 4.74 Å². The molecule has 0 aliphatic carbocycles. The highest BCUT2D eigenvalue weighted by Gasteiger charge is 2.26. The third kappa shape index (κ3) is 2.70. The monoisotopic (exact) mass is 274 g/mol. The molecule has 1 N–H and O–H groups in total. The number of anilines is 1. The molecule has 0 aromatic heterocycles. The molecule has 2 aliphatic heterocycles. The van der Waals surface area contributed by atoms with E-state index in [1.165, 1.54) is 49.2 Å². The summed E-state index contributed by atoms with van der Waals surface area (Å²) in [5.74, 6) is 0.799. The van der Waals surface area contributed by atoms with Crippen molar-refractivity contribution in [3.05, 3.63) is 29.3 Å². The molecular weight excluding hydrogens is 248 g/mol. The van der Waals surface area contributed by atoms with Crippen molar-refractivity contribution in [1.82, 2.24) is 5.32 Å². The lowest BCUT2D eigenvalue weighted by Gasteiger charge is -2.30. The Bertz CT molecular complexity index is 454. The fourth-order valence-electron chi connectivity index (χ4n) is 3.49. The van der Waals surface area contributed by atoms with Crippen molar-refractivity contribution in [1.29, 1.82) is 0 Å². The Labute approximate surface area is 122 Å². The van der Waals surface area contributed by atoms with Gasteiger partial charge in [0.15, 0.2) is 0 Å². The van der Waals surface area contributed by atoms with Gasteiger partial charge >= 0.3 is 0 Å². The number of fused-ring (bicyclic) bond motifs is 1. The number of ether oxygens (including phenoxy) is 1. The molecule has 1 saturated heterocycles. The average Bonchev–Trinajstić information content (AvgIpc) is 2.91. The SMILES string of the molecule is CNC(C)c1cccc2c1N(CC1CCOCC1)CC2. The lowest BCUT2D eigenvalue weighted by molar-refractivity contribution is 0.0683. The number of nitrogens with one attached hydrogen (secondary N) is 1. The summed E-state index contributed by atoms with van der Waals surface area (Å²) in [5, 5.41) is 3.39. The first kappa shape index (κ1) is 13.9. The second-order valence-electron chi connectivity index (χ2n) is 6.12. The summed E-state index contributed by atoms with van der Waals surface area (Å²) in [6.45, 7) is 6.52. The first-order valence-corrected chi connectivity index (χ1v) is 7.91. The third-order valence-electron chi connectivity index (χ3n) is 4.84. The van der Waals surface area contributed by atoms with Crippen LogP contribution in [0.2, 0.25) is 0 Å². The minimum absolute atomic E-state index is 0.417. The molecule has 1 aromatic carbocycles. The van der Waals surface area contributed by atoms with Gasteiger partial charge in [-0.05, 0) is 50.3 Å². The standard InChI is InChI=1S/C17H26N2O/c1-13(18-2)16-5-3-4-15-6-9-19(17(15)16)12-14-7-10-20-11-8-14/h3-5,13-14,18H,6-12H2,1-2H3. The zero-order valence-electron chi connectivity index (χ0n) is 12.7. The van der Waals surface area contributed by atoms with E-state index in [9.17, 15) is 0 Å². The van der Waals surface area contributed by atoms with Crippen molar-refractivity contribution >= 4 is 5.69 Å². The summed E-state index contributed by atoms with van der Waals surface area (Å²) in [6, 6.07) is 7.20. The first-order valence-electron chi connectivity index (χ1n) is 7.91. The zero-order valence-corrected chi connectivity index (χ0v) is 12.7. The Balaban J connectivity index is 1.80. The van der Waals surface area contributed by atoms with E-state index in [1.807, 2.05) is 7.05 Å². The Kier molecular flexibility index (Phi) is 4.27. The number of hydrogen-bond donors (Lipinski definition) is 1. The average molecular weight is 274 g/mol. The summed E-state index contributed by atoms with van der Waals surface area (Å²) < 4.78 is 5.48. The van der Waals surface area contributed by atoms with Gasteiger partial charge in [-0.15, -0.1) is 0 Å². The van der Waals surface area contributed by atoms with Crippen LogP contribution >= 0.6 is 0 Å². The van der Waals surface area contributed by atoms with Gasteiger partial charge in [-0.3, -0.25) is 0 Å². The molecule has 0 saturated carbocycles. The lowest BCUT2D eigenvalue weighted by Crippen LogP contribution is -2.32. The van der Waals surface area contributed by atoms with Crippen molar-refractivity contribution in [3.8, 4) is 0 Å². The minimum Gasteiger partial charge on any atom is -0.381 e. The van der Waals surface area contributed by atoms with E-state index in [0.29, 0.717) is 6.04 Å². The van der Waals surface area contributed by atoms with Gasteiger partial charge in [0.25, 0.3) is 0 Å². The summed E-state index contributed by atoms with van der Waals surface area (Å²) in [6.07, 6.45) is 3.63. The quantitative estimate of drug-likeness (QED) is 0.913. The van der Waals surface area contributed by atoms with Gasteiger partial charge in [-0.25, -0.2) is 0 Å². The molecule has 1 atom stereocenters. The Morgan fingerprint density at radius 1 is 1.35 bits per heavy atom. The largest absolute Gasteiger partial charge is 0.381 e. The van der Waals surface area contributed by atoms with Gasteiger partial charge in [0.2, 0.25) is 0 Å². The van der Waals surface area contributed by atoms with E-state index in [4.69, 9.17) is 4.74 Å². The fraction of sp³-hybridized carbons (Fsp3) is 0.647. The van der Waals surface area contributed by atoms with Gasteiger partial charge in [0.05, 0.1) is 0 Å². The maximum atomic E-state index is 5.48. The van der Waals surface area contributed by atoms with Crippen LogP contribution in [0.5, 0.6) is 0 Å². The number of hydrogen-bond acceptors (Lipinski definition) is 3. The van der Waals surface area contributed by atoms with Gasteiger partial charge in [0, 0.05) is 38.0 Å². The van der Waals surface area contributed by atoms with Crippen molar-refractivity contribution in [2.75, 3.05) is 38.3 Å². The molecule has 3 nitrogen and oxygen atoms in total. The van der Waals surface area contributed by atoms with E-state index in [1.54, 1.807) is 0 Å². The maximum Gasteiger partial charge on any atom is 0.0469 e. The van der Waals surface area contributed by atoms with E-state index < -0.39 is 0 Å². The van der Waals surface area contributed by atoms with E-state index >= 15 is 0 Å². The molecular formula is C17H26N2O. The second-order valence-corrected chi connectivity index (χ2v) is 6.12. The number of nitrogens with zero attached hydrogens (tertiary/aromatic N) is 1. The summed E-state index contributed by atoms with van der Waals surface area (Å²) in [4.78, 5) is 2.62. The Morgan fingerprint density at radius 2 is 2.15 bits per heavy atom. The molecule has 3 heteroatoms. The highest BCUT2D eigenvalue weighted by Crippen LogP contribution is 2.36. The van der Waals surface area contributed by atoms with Gasteiger partial charge in [0.1, 0.15) is 0 Å². The lowest BCUT2D eigenvalue weighted by atomic mass is 9.98. The first-order chi connectivity index (χ1) is 9.79. The van der Waals surface area contributed by atoms with Gasteiger partial charge < -0.3 is 15.0 Å². The fourth-order valence-corrected chi connectivity index (χ4v) is 3.49. The maximum absolute atomic E-state index is 5.48. The third-order valence-corrected chi connectivity index (χ3v) is 4.84. The van der Waals surface area contributed by atoms with E-state index in [-0.39, 0.29) is 0 Å². The molecule has 2 heterocycles. The minimum atomic E-state index is 0.417. The summed E-state index contributed by atoms with van der Waals surface area (Å²) in [7, 11) is 2.04. The van der Waals surface area contributed by atoms with Crippen LogP contribution < -0.4 is 10.2 Å². The van der Waals surface area contributed by atoms with Crippen LogP contribution in [0.3, 0.4) is 0 Å². The molecule has 1 fully saturated rings. The number of para-hydroxylation sites is 1. The van der Waals surface area contributed by atoms with E-state index in [0.717, 1.165) is 19.1 Å². The molecule has 2 aliphatic rings. The van der Waals surface area contributed by atoms with Gasteiger partial charge in [-0.2, -0.15) is 0 Å². The molecule has 0 amide bonds. The zero-order chi connectivity index (χ0) is 13.9. The molecule has 3 rings (SSSR count). The predicted molar refractivity (Wildman–Crippen MR) is 83.4 cm³/mol. The highest BCUT2D eigenvalue weighted by atomic mass is 16.5. The van der Waals surface area contributed by atoms with Crippen molar-refractivity contribution in [2.45, 2.75) is 32.2 Å². The van der Waals surface area contributed by atoms with Crippen LogP contribution in [-0.4, -0.2) is 33.4 Å². The topological polar surface area (TPSA) is 24.5 Å². The molecule has 20 heavy (non-hydrogen) atoms. The smallest absolute Gasteiger partial charge is 0.0469 e. The van der Waals surface area contributed by atoms with E-state index in [2.05, 4.69) is 35.3 Å². The molecule has 1 aromatic rings. The van der Waals surface area contributed by atoms with Gasteiger partial charge in [-0.1, -0.05) is 18.2 Å². The number of rotatable bonds is 4. The van der Waals surface area contributed by atoms with Crippen LogP contribution in [0.25, 0.3) is 0 Å². The van der Waals surface area contributed by atoms with Crippen LogP contribution in [0.1, 0.15) is 36.9 Å². The summed E-state index contributed by atoms with van der Waals surface area (Å²) in [5.41, 5.74) is 4.48. The molecule has 0 radical (unpaired) electrons. The van der Waals surface area contributed by atoms with Crippen molar-refractivity contribution in [2.24, 2.45) is 5.92 Å². The Morgan fingerprint density at radius 3 is 2.90 bits per heavy atom. The highest BCUT2D eigenvalue weighted by molar-refractivity contribution is 5.64. The van der Waals surface area contributed by atoms with Crippen LogP contribution in [0.15, 0.2) is 18.2 Å². The Hall–Kier alpha value is -1.06. The second kappa shape index (κ2) is 6.15. The predicted octanol–water partition coefficient (Wildman–Crippen LogP) is 2.76.